The van der Waals surface area contributed by atoms with Crippen LogP contribution in [0.2, 0.25) is 0 Å². The van der Waals surface area contributed by atoms with Gasteiger partial charge in [-0.25, -0.2) is 9.97 Å². The number of nitrogens with zero attached hydrogens (tertiary/aromatic N) is 2. The molecule has 1 unspecified atom stereocenters. The van der Waals surface area contributed by atoms with Crippen molar-refractivity contribution in [3.8, 4) is 0 Å². The predicted octanol–water partition coefficient (Wildman–Crippen LogP) is 2.36. The molecule has 1 atom stereocenters. The maximum atomic E-state index is 11.7. The second-order valence-electron chi connectivity index (χ2n) is 5.45. The Balaban J connectivity index is 2.55. The minimum absolute atomic E-state index is 0.0591. The fraction of sp³-hybridized carbons (Fsp3) is 0.667. The number of hydrogen-bond donors (Lipinski definition) is 3. The summed E-state index contributed by atoms with van der Waals surface area (Å²) in [4.78, 5) is 20.6. The number of hydrogen-bond acceptors (Lipinski definition) is 5. The Morgan fingerprint density at radius 3 is 2.48 bits per heavy atom. The van der Waals surface area contributed by atoms with Crippen molar-refractivity contribution in [1.29, 1.82) is 0 Å². The van der Waals surface area contributed by atoms with E-state index in [2.05, 4.69) is 46.7 Å². The van der Waals surface area contributed by atoms with E-state index in [0.717, 1.165) is 23.9 Å². The van der Waals surface area contributed by atoms with Gasteiger partial charge < -0.3 is 16.0 Å². The summed E-state index contributed by atoms with van der Waals surface area (Å²) in [5.41, 5.74) is 0. The average Bonchev–Trinajstić information content (AvgIpc) is 2.46. The maximum Gasteiger partial charge on any atom is 0.221 e. The lowest BCUT2D eigenvalue weighted by molar-refractivity contribution is -0.121. The number of aromatic nitrogens is 2. The first kappa shape index (κ1) is 17.2. The van der Waals surface area contributed by atoms with Crippen LogP contribution < -0.4 is 16.0 Å². The van der Waals surface area contributed by atoms with Crippen LogP contribution in [-0.2, 0) is 4.79 Å². The summed E-state index contributed by atoms with van der Waals surface area (Å²) in [5.74, 6) is 2.62. The molecule has 1 amide bonds. The molecule has 1 aromatic heterocycles. The van der Waals surface area contributed by atoms with E-state index in [1.807, 2.05) is 20.0 Å². The topological polar surface area (TPSA) is 78.9 Å². The van der Waals surface area contributed by atoms with Crippen molar-refractivity contribution in [1.82, 2.24) is 15.3 Å². The van der Waals surface area contributed by atoms with Crippen LogP contribution in [0.5, 0.6) is 0 Å². The predicted molar refractivity (Wildman–Crippen MR) is 86.7 cm³/mol. The molecule has 1 aromatic rings. The zero-order chi connectivity index (χ0) is 15.8. The molecular formula is C15H27N5O. The molecule has 0 saturated heterocycles. The fourth-order valence-electron chi connectivity index (χ4n) is 1.70. The number of carbonyl (C=O) groups is 1. The van der Waals surface area contributed by atoms with Crippen molar-refractivity contribution in [2.75, 3.05) is 24.2 Å². The monoisotopic (exact) mass is 293 g/mol. The molecule has 1 heterocycles. The van der Waals surface area contributed by atoms with Crippen LogP contribution in [0.3, 0.4) is 0 Å². The van der Waals surface area contributed by atoms with Gasteiger partial charge in [-0.15, -0.1) is 0 Å². The maximum absolute atomic E-state index is 11.7. The minimum Gasteiger partial charge on any atom is -0.373 e. The third-order valence-electron chi connectivity index (χ3n) is 3.19. The number of nitrogens with one attached hydrogen (secondary N) is 3. The first-order valence-corrected chi connectivity index (χ1v) is 7.56. The first-order valence-electron chi connectivity index (χ1n) is 7.56. The highest BCUT2D eigenvalue weighted by Gasteiger charge is 2.08. The van der Waals surface area contributed by atoms with Crippen LogP contribution >= 0.6 is 0 Å². The molecule has 0 saturated carbocycles. The molecule has 6 nitrogen and oxygen atoms in total. The number of rotatable bonds is 8. The van der Waals surface area contributed by atoms with E-state index in [1.165, 1.54) is 0 Å². The molecule has 1 rings (SSSR count). The van der Waals surface area contributed by atoms with E-state index >= 15 is 0 Å². The van der Waals surface area contributed by atoms with E-state index < -0.39 is 0 Å². The summed E-state index contributed by atoms with van der Waals surface area (Å²) in [6.45, 7) is 8.72. The average molecular weight is 293 g/mol. The number of amides is 1. The lowest BCUT2D eigenvalue weighted by Gasteiger charge is -2.13. The van der Waals surface area contributed by atoms with Gasteiger partial charge >= 0.3 is 0 Å². The molecule has 118 valence electrons. The van der Waals surface area contributed by atoms with Gasteiger partial charge in [0.2, 0.25) is 5.91 Å². The molecule has 0 aliphatic rings. The highest BCUT2D eigenvalue weighted by molar-refractivity contribution is 5.76. The van der Waals surface area contributed by atoms with Crippen LogP contribution in [0.15, 0.2) is 6.07 Å². The molecule has 21 heavy (non-hydrogen) atoms. The van der Waals surface area contributed by atoms with Gasteiger partial charge in [-0.3, -0.25) is 4.79 Å². The molecule has 6 heteroatoms. The SMILES string of the molecule is CCC(C)NC(=O)CCNc1cc(NC)nc(C(C)C)n1. The summed E-state index contributed by atoms with van der Waals surface area (Å²) < 4.78 is 0. The second kappa shape index (κ2) is 8.44. The number of carbonyl (C=O) groups excluding carboxylic acids is 1. The van der Waals surface area contributed by atoms with Gasteiger partial charge in [-0.05, 0) is 13.3 Å². The zero-order valence-electron chi connectivity index (χ0n) is 13.7. The first-order chi connectivity index (χ1) is 9.96. The Labute approximate surface area is 127 Å². The molecule has 0 aliphatic carbocycles. The Morgan fingerprint density at radius 1 is 1.24 bits per heavy atom. The van der Waals surface area contributed by atoms with E-state index in [0.29, 0.717) is 13.0 Å². The Hall–Kier alpha value is -1.85. The standard InChI is InChI=1S/C15H27N5O/c1-6-11(4)18-14(21)7-8-17-13-9-12(16-5)19-15(20-13)10(2)3/h9-11H,6-8H2,1-5H3,(H,18,21)(H2,16,17,19,20). The van der Waals surface area contributed by atoms with Gasteiger partial charge in [0, 0.05) is 38.0 Å². The summed E-state index contributed by atoms with van der Waals surface area (Å²) >= 11 is 0. The van der Waals surface area contributed by atoms with Crippen molar-refractivity contribution in [2.45, 2.75) is 52.5 Å². The third kappa shape index (κ3) is 5.97. The van der Waals surface area contributed by atoms with E-state index in [9.17, 15) is 4.79 Å². The van der Waals surface area contributed by atoms with Gasteiger partial charge in [-0.2, -0.15) is 0 Å². The quantitative estimate of drug-likeness (QED) is 0.685. The molecule has 0 aromatic carbocycles. The molecule has 0 radical (unpaired) electrons. The molecule has 3 N–H and O–H groups in total. The molecule has 0 bridgehead atoms. The Bertz CT molecular complexity index is 461. The largest absolute Gasteiger partial charge is 0.373 e. The van der Waals surface area contributed by atoms with Crippen molar-refractivity contribution >= 4 is 17.5 Å². The van der Waals surface area contributed by atoms with Crippen molar-refractivity contribution in [2.24, 2.45) is 0 Å². The van der Waals surface area contributed by atoms with Crippen molar-refractivity contribution < 1.29 is 4.79 Å². The molecule has 0 spiro atoms. The van der Waals surface area contributed by atoms with E-state index in [-0.39, 0.29) is 17.9 Å². The van der Waals surface area contributed by atoms with Gasteiger partial charge in [0.05, 0.1) is 0 Å². The number of anilines is 2. The Kier molecular flexibility index (Phi) is 6.91. The second-order valence-corrected chi connectivity index (χ2v) is 5.45. The van der Waals surface area contributed by atoms with Crippen molar-refractivity contribution in [3.05, 3.63) is 11.9 Å². The lowest BCUT2D eigenvalue weighted by Crippen LogP contribution is -2.33. The lowest BCUT2D eigenvalue weighted by atomic mass is 10.2. The van der Waals surface area contributed by atoms with Gasteiger partial charge in [0.15, 0.2) is 0 Å². The smallest absolute Gasteiger partial charge is 0.221 e. The molecule has 0 fully saturated rings. The minimum atomic E-state index is 0.0591. The van der Waals surface area contributed by atoms with Gasteiger partial charge in [-0.1, -0.05) is 20.8 Å². The summed E-state index contributed by atoms with van der Waals surface area (Å²) in [7, 11) is 1.83. The zero-order valence-corrected chi connectivity index (χ0v) is 13.7. The normalized spacial score (nSPS) is 12.1. The van der Waals surface area contributed by atoms with Crippen molar-refractivity contribution in [3.63, 3.8) is 0 Å². The van der Waals surface area contributed by atoms with Gasteiger partial charge in [0.25, 0.3) is 0 Å². The summed E-state index contributed by atoms with van der Waals surface area (Å²) in [6, 6.07) is 2.07. The van der Waals surface area contributed by atoms with Gasteiger partial charge in [0.1, 0.15) is 17.5 Å². The fourth-order valence-corrected chi connectivity index (χ4v) is 1.70. The van der Waals surface area contributed by atoms with E-state index in [4.69, 9.17) is 0 Å². The highest BCUT2D eigenvalue weighted by Crippen LogP contribution is 2.16. The van der Waals surface area contributed by atoms with E-state index in [1.54, 1.807) is 0 Å². The van der Waals surface area contributed by atoms with Crippen LogP contribution in [-0.4, -0.2) is 35.5 Å². The summed E-state index contributed by atoms with van der Waals surface area (Å²) in [6.07, 6.45) is 1.37. The summed E-state index contributed by atoms with van der Waals surface area (Å²) in [5, 5.41) is 9.15. The Morgan fingerprint density at radius 2 is 1.90 bits per heavy atom. The van der Waals surface area contributed by atoms with Crippen LogP contribution in [0.25, 0.3) is 0 Å². The third-order valence-corrected chi connectivity index (χ3v) is 3.19. The van der Waals surface area contributed by atoms with Crippen LogP contribution in [0.1, 0.15) is 52.3 Å². The molecule has 0 aliphatic heterocycles. The molecular weight excluding hydrogens is 266 g/mol. The van der Waals surface area contributed by atoms with Crippen LogP contribution in [0.4, 0.5) is 11.6 Å². The van der Waals surface area contributed by atoms with Crippen LogP contribution in [0, 0.1) is 0 Å². The highest BCUT2D eigenvalue weighted by atomic mass is 16.1.